The highest BCUT2D eigenvalue weighted by Crippen LogP contribution is 2.43. The first-order valence-electron chi connectivity index (χ1n) is 22.7. The molecular weight excluding hydrogens is 797 g/mol. The number of phosphoric ester groups is 1. The molecule has 0 saturated heterocycles. The zero-order chi connectivity index (χ0) is 45.1. The van der Waals surface area contributed by atoms with Crippen molar-refractivity contribution in [1.29, 1.82) is 0 Å². The van der Waals surface area contributed by atoms with Crippen molar-refractivity contribution in [2.24, 2.45) is 5.73 Å². The number of ether oxygens (including phenoxy) is 2. The third-order valence-corrected chi connectivity index (χ3v) is 10.2. The molecule has 0 aromatic carbocycles. The topological polar surface area (TPSA) is 192 Å². The average molecular weight is 878 g/mol. The van der Waals surface area contributed by atoms with Crippen molar-refractivity contribution in [1.82, 2.24) is 0 Å². The summed E-state index contributed by atoms with van der Waals surface area (Å²) in [6, 6.07) is -1.54. The normalized spacial score (nSPS) is 15.0. The third kappa shape index (κ3) is 41.7. The second-order valence-corrected chi connectivity index (χ2v) is 16.5. The Morgan fingerprint density at radius 2 is 1.15 bits per heavy atom. The van der Waals surface area contributed by atoms with Crippen LogP contribution in [0.2, 0.25) is 0 Å². The summed E-state index contributed by atoms with van der Waals surface area (Å²) in [7, 11) is -4.75. The van der Waals surface area contributed by atoms with Crippen LogP contribution < -0.4 is 5.73 Å². The van der Waals surface area contributed by atoms with E-state index < -0.39 is 63.8 Å². The maximum Gasteiger partial charge on any atom is 0.472 e. The van der Waals surface area contributed by atoms with Gasteiger partial charge in [0.25, 0.3) is 0 Å². The van der Waals surface area contributed by atoms with Gasteiger partial charge in [0, 0.05) is 12.8 Å². The average Bonchev–Trinajstić information content (AvgIpc) is 3.23. The summed E-state index contributed by atoms with van der Waals surface area (Å²) in [5.74, 6) is -2.52. The van der Waals surface area contributed by atoms with E-state index in [-0.39, 0.29) is 12.8 Å². The van der Waals surface area contributed by atoms with Gasteiger partial charge in [-0.3, -0.25) is 23.4 Å². The molecule has 0 spiro atoms. The fourth-order valence-corrected chi connectivity index (χ4v) is 6.42. The molecule has 0 aliphatic heterocycles. The van der Waals surface area contributed by atoms with Gasteiger partial charge >= 0.3 is 25.7 Å². The van der Waals surface area contributed by atoms with Gasteiger partial charge < -0.3 is 30.3 Å². The molecule has 13 heteroatoms. The second kappa shape index (κ2) is 41.9. The number of aliphatic hydroxyl groups is 1. The summed E-state index contributed by atoms with van der Waals surface area (Å²) in [6.07, 6.45) is 48.4. The summed E-state index contributed by atoms with van der Waals surface area (Å²) in [5.41, 5.74) is 5.33. The quantitative estimate of drug-likeness (QED) is 0.0150. The van der Waals surface area contributed by atoms with Gasteiger partial charge in [0.2, 0.25) is 0 Å². The Morgan fingerprint density at radius 1 is 0.607 bits per heavy atom. The molecule has 0 radical (unpaired) electrons. The number of hydrogen-bond donors (Lipinski definition) is 4. The van der Waals surface area contributed by atoms with E-state index in [1.807, 2.05) is 48.6 Å². The van der Waals surface area contributed by atoms with E-state index >= 15 is 0 Å². The van der Waals surface area contributed by atoms with E-state index in [4.69, 9.17) is 24.8 Å². The fraction of sp³-hybridized carbons (Fsp3) is 0.646. The van der Waals surface area contributed by atoms with E-state index in [1.165, 1.54) is 57.8 Å². The minimum atomic E-state index is -4.75. The van der Waals surface area contributed by atoms with E-state index in [0.717, 1.165) is 51.4 Å². The van der Waals surface area contributed by atoms with Crippen molar-refractivity contribution in [2.75, 3.05) is 19.8 Å². The van der Waals surface area contributed by atoms with Crippen LogP contribution in [-0.2, 0) is 37.5 Å². The second-order valence-electron chi connectivity index (χ2n) is 15.0. The molecule has 4 atom stereocenters. The Kier molecular flexibility index (Phi) is 39.6. The molecule has 61 heavy (non-hydrogen) atoms. The molecule has 0 rings (SSSR count). The minimum Gasteiger partial charge on any atom is -0.480 e. The standard InChI is InChI=1S/C48H80NO11P/c1-3-5-7-8-9-10-11-12-13-14-15-18-22-25-28-31-35-39-47(52)60-44(41-58-61(55,56)59-42-45(49)48(53)54)40-57-46(51)38-34-30-27-24-21-19-16-17-20-23-26-29-33-37-43(50)36-32-6-4-2/h6,12-13,17,19-21,26-27,29-30,32-33,37,43-45,50H,3-5,7-11,14-16,18,22-25,28,31,34-36,38-42,49H2,1-2H3,(H,53,54)(H,55,56)/b13-12-,20-17-,21-19-,29-26+,30-27-,32-6-,37-33+/t43?,44-,45+/m1/s1. The highest BCUT2D eigenvalue weighted by atomic mass is 31.2. The fourth-order valence-electron chi connectivity index (χ4n) is 5.64. The van der Waals surface area contributed by atoms with Crippen molar-refractivity contribution in [3.63, 3.8) is 0 Å². The Labute approximate surface area is 367 Å². The number of nitrogens with two attached hydrogens (primary N) is 1. The Balaban J connectivity index is 4.51. The number of aliphatic hydroxyl groups excluding tert-OH is 1. The van der Waals surface area contributed by atoms with E-state index in [1.54, 1.807) is 6.08 Å². The van der Waals surface area contributed by atoms with Crippen LogP contribution in [0.5, 0.6) is 0 Å². The molecule has 0 aliphatic carbocycles. The van der Waals surface area contributed by atoms with Crippen LogP contribution in [0, 0.1) is 0 Å². The molecule has 2 unspecified atom stereocenters. The van der Waals surface area contributed by atoms with E-state index in [9.17, 15) is 28.9 Å². The molecule has 0 fully saturated rings. The Bertz CT molecular complexity index is 1370. The number of rotatable bonds is 41. The molecule has 5 N–H and O–H groups in total. The first-order chi connectivity index (χ1) is 29.5. The predicted molar refractivity (Wildman–Crippen MR) is 246 cm³/mol. The zero-order valence-corrected chi connectivity index (χ0v) is 38.2. The smallest absolute Gasteiger partial charge is 0.472 e. The number of carboxylic acids is 1. The van der Waals surface area contributed by atoms with Crippen molar-refractivity contribution >= 4 is 25.7 Å². The highest BCUT2D eigenvalue weighted by Gasteiger charge is 2.28. The van der Waals surface area contributed by atoms with Crippen LogP contribution in [-0.4, -0.2) is 71.1 Å². The van der Waals surface area contributed by atoms with E-state index in [2.05, 4.69) is 48.8 Å². The summed E-state index contributed by atoms with van der Waals surface area (Å²) in [4.78, 5) is 46.0. The number of aliphatic carboxylic acids is 1. The summed E-state index contributed by atoms with van der Waals surface area (Å²) in [6.45, 7) is 2.50. The predicted octanol–water partition coefficient (Wildman–Crippen LogP) is 11.3. The van der Waals surface area contributed by atoms with Crippen molar-refractivity contribution < 1.29 is 52.6 Å². The number of carbonyl (C=O) groups excluding carboxylic acids is 2. The molecule has 0 bridgehead atoms. The van der Waals surface area contributed by atoms with Crippen LogP contribution in [0.25, 0.3) is 0 Å². The molecule has 0 saturated carbocycles. The van der Waals surface area contributed by atoms with Crippen LogP contribution in [0.4, 0.5) is 0 Å². The van der Waals surface area contributed by atoms with Crippen molar-refractivity contribution in [3.05, 3.63) is 85.1 Å². The summed E-state index contributed by atoms with van der Waals surface area (Å²) < 4.78 is 32.6. The first kappa shape index (κ1) is 57.6. The molecule has 0 aromatic rings. The third-order valence-electron chi connectivity index (χ3n) is 9.22. The monoisotopic (exact) mass is 878 g/mol. The lowest BCUT2D eigenvalue weighted by molar-refractivity contribution is -0.161. The van der Waals surface area contributed by atoms with Gasteiger partial charge in [-0.25, -0.2) is 4.57 Å². The number of allylic oxidation sites excluding steroid dienone is 12. The first-order valence-corrected chi connectivity index (χ1v) is 24.2. The van der Waals surface area contributed by atoms with Crippen LogP contribution in [0.15, 0.2) is 85.1 Å². The van der Waals surface area contributed by atoms with Crippen molar-refractivity contribution in [2.45, 2.75) is 180 Å². The molecular formula is C48H80NO11P. The molecule has 0 heterocycles. The highest BCUT2D eigenvalue weighted by molar-refractivity contribution is 7.47. The van der Waals surface area contributed by atoms with Crippen molar-refractivity contribution in [3.8, 4) is 0 Å². The van der Waals surface area contributed by atoms with Gasteiger partial charge in [0.05, 0.1) is 19.3 Å². The van der Waals surface area contributed by atoms with Gasteiger partial charge in [-0.15, -0.1) is 0 Å². The zero-order valence-electron chi connectivity index (χ0n) is 37.3. The molecule has 0 amide bonds. The van der Waals surface area contributed by atoms with Crippen LogP contribution in [0.1, 0.15) is 162 Å². The van der Waals surface area contributed by atoms with Crippen LogP contribution >= 0.6 is 7.82 Å². The van der Waals surface area contributed by atoms with Gasteiger partial charge in [0.15, 0.2) is 6.10 Å². The number of esters is 2. The summed E-state index contributed by atoms with van der Waals surface area (Å²) >= 11 is 0. The number of hydrogen-bond acceptors (Lipinski definition) is 10. The Morgan fingerprint density at radius 3 is 1.75 bits per heavy atom. The lowest BCUT2D eigenvalue weighted by Gasteiger charge is -2.20. The molecule has 0 aliphatic rings. The van der Waals surface area contributed by atoms with E-state index in [0.29, 0.717) is 25.7 Å². The summed E-state index contributed by atoms with van der Waals surface area (Å²) in [5, 5.41) is 18.7. The lowest BCUT2D eigenvalue weighted by Crippen LogP contribution is -2.34. The molecule has 0 aromatic heterocycles. The number of phosphoric acid groups is 1. The molecule has 348 valence electrons. The maximum atomic E-state index is 12.6. The Hall–Kier alpha value is -3.38. The van der Waals surface area contributed by atoms with Crippen LogP contribution in [0.3, 0.4) is 0 Å². The minimum absolute atomic E-state index is 0.0761. The van der Waals surface area contributed by atoms with Gasteiger partial charge in [-0.1, -0.05) is 163 Å². The van der Waals surface area contributed by atoms with Gasteiger partial charge in [0.1, 0.15) is 12.6 Å². The largest absolute Gasteiger partial charge is 0.480 e. The van der Waals surface area contributed by atoms with Gasteiger partial charge in [-0.05, 0) is 70.6 Å². The lowest BCUT2D eigenvalue weighted by atomic mass is 10.1. The SMILES string of the molecule is CC/C=C\CC(O)/C=C/C=C/C/C=C\C/C=C\C/C=C\CCC(=O)OC[C@H](COP(=O)(O)OC[C@H](N)C(=O)O)OC(=O)CCCCCCCCC/C=C\CCCCCCCC. The number of carbonyl (C=O) groups is 3. The number of unbranched alkanes of at least 4 members (excludes halogenated alkanes) is 13. The molecule has 12 nitrogen and oxygen atoms in total. The van der Waals surface area contributed by atoms with Gasteiger partial charge in [-0.2, -0.15) is 0 Å². The maximum absolute atomic E-state index is 12.6. The number of carboxylic acid groups (broad SMARTS) is 1.